The molecule has 26 heavy (non-hydrogen) atoms. The van der Waals surface area contributed by atoms with Gasteiger partial charge in [-0.3, -0.25) is 4.68 Å². The van der Waals surface area contributed by atoms with E-state index in [-0.39, 0.29) is 0 Å². The number of rotatable bonds is 5. The third-order valence-corrected chi connectivity index (χ3v) is 4.44. The minimum Gasteiger partial charge on any atom is -0.480 e. The quantitative estimate of drug-likeness (QED) is 0.736. The van der Waals surface area contributed by atoms with Crippen molar-refractivity contribution < 1.29 is 9.26 Å². The van der Waals surface area contributed by atoms with Crippen LogP contribution in [-0.2, 0) is 7.05 Å². The Morgan fingerprint density at radius 2 is 1.92 bits per heavy atom. The molecule has 3 rings (SSSR count). The largest absolute Gasteiger partial charge is 0.480 e. The van der Waals surface area contributed by atoms with Crippen LogP contribution in [0.1, 0.15) is 42.6 Å². The highest BCUT2D eigenvalue weighted by molar-refractivity contribution is 5.76. The second-order valence-corrected chi connectivity index (χ2v) is 6.73. The van der Waals surface area contributed by atoms with E-state index in [1.54, 1.807) is 13.3 Å². The van der Waals surface area contributed by atoms with Gasteiger partial charge in [-0.1, -0.05) is 19.0 Å². The molecule has 0 aliphatic heterocycles. The molecule has 0 aliphatic rings. The van der Waals surface area contributed by atoms with Crippen LogP contribution in [0.15, 0.2) is 16.8 Å². The summed E-state index contributed by atoms with van der Waals surface area (Å²) in [5.41, 5.74) is 6.54. The van der Waals surface area contributed by atoms with Gasteiger partial charge >= 0.3 is 0 Å². The first-order valence-electron chi connectivity index (χ1n) is 8.61. The van der Waals surface area contributed by atoms with Crippen molar-refractivity contribution in [2.45, 2.75) is 40.5 Å². The van der Waals surface area contributed by atoms with Crippen molar-refractivity contribution in [1.29, 1.82) is 0 Å². The molecule has 0 aliphatic carbocycles. The summed E-state index contributed by atoms with van der Waals surface area (Å²) in [7, 11) is 3.58. The van der Waals surface area contributed by atoms with Crippen LogP contribution in [0.3, 0.4) is 0 Å². The zero-order valence-corrected chi connectivity index (χ0v) is 16.3. The first kappa shape index (κ1) is 18.0. The van der Waals surface area contributed by atoms with Crippen molar-refractivity contribution >= 4 is 11.4 Å². The molecule has 0 fully saturated rings. The number of aryl methyl sites for hydroxylation is 4. The summed E-state index contributed by atoms with van der Waals surface area (Å²) in [5, 5.41) is 12.1. The van der Waals surface area contributed by atoms with Gasteiger partial charge in [0, 0.05) is 24.4 Å². The van der Waals surface area contributed by atoms with Gasteiger partial charge in [0.05, 0.1) is 29.9 Å². The van der Waals surface area contributed by atoms with Crippen molar-refractivity contribution in [3.8, 4) is 17.0 Å². The van der Waals surface area contributed by atoms with Gasteiger partial charge in [-0.15, -0.1) is 0 Å². The Hall–Kier alpha value is -2.83. The fraction of sp³-hybridized carbons (Fsp3) is 0.421. The number of aromatic nitrogens is 4. The third-order valence-electron chi connectivity index (χ3n) is 4.44. The van der Waals surface area contributed by atoms with Crippen molar-refractivity contribution in [2.24, 2.45) is 7.05 Å². The Morgan fingerprint density at radius 1 is 1.19 bits per heavy atom. The molecule has 3 aromatic heterocycles. The van der Waals surface area contributed by atoms with Crippen LogP contribution in [0.4, 0.5) is 11.4 Å². The highest BCUT2D eigenvalue weighted by Gasteiger charge is 2.20. The molecular formula is C19H25N5O2. The molecule has 3 aromatic rings. The molecular weight excluding hydrogens is 330 g/mol. The monoisotopic (exact) mass is 355 g/mol. The molecule has 3 heterocycles. The summed E-state index contributed by atoms with van der Waals surface area (Å²) in [4.78, 5) is 4.46. The number of anilines is 2. The lowest BCUT2D eigenvalue weighted by Gasteiger charge is -2.15. The third kappa shape index (κ3) is 3.05. The predicted molar refractivity (Wildman–Crippen MR) is 101 cm³/mol. The Morgan fingerprint density at radius 3 is 2.50 bits per heavy atom. The Kier molecular flexibility index (Phi) is 4.71. The van der Waals surface area contributed by atoms with E-state index in [0.717, 1.165) is 45.3 Å². The van der Waals surface area contributed by atoms with Gasteiger partial charge in [-0.05, 0) is 32.8 Å². The lowest BCUT2D eigenvalue weighted by molar-refractivity contribution is 0.393. The zero-order valence-electron chi connectivity index (χ0n) is 16.3. The fourth-order valence-corrected chi connectivity index (χ4v) is 3.36. The molecule has 0 aromatic carbocycles. The summed E-state index contributed by atoms with van der Waals surface area (Å²) >= 11 is 0. The summed E-state index contributed by atoms with van der Waals surface area (Å²) in [6.45, 7) is 10.1. The van der Waals surface area contributed by atoms with E-state index in [4.69, 9.17) is 9.26 Å². The van der Waals surface area contributed by atoms with Crippen LogP contribution in [0, 0.1) is 20.8 Å². The van der Waals surface area contributed by atoms with Gasteiger partial charge in [0.15, 0.2) is 0 Å². The number of methoxy groups -OCH3 is 1. The van der Waals surface area contributed by atoms with Gasteiger partial charge in [0.2, 0.25) is 5.88 Å². The summed E-state index contributed by atoms with van der Waals surface area (Å²) in [6, 6.07) is 2.01. The molecule has 0 amide bonds. The van der Waals surface area contributed by atoms with Crippen molar-refractivity contribution in [1.82, 2.24) is 19.9 Å². The number of hydrogen-bond acceptors (Lipinski definition) is 6. The molecule has 1 N–H and O–H groups in total. The van der Waals surface area contributed by atoms with E-state index in [1.165, 1.54) is 0 Å². The van der Waals surface area contributed by atoms with E-state index in [1.807, 2.05) is 38.6 Å². The molecule has 0 unspecified atom stereocenters. The van der Waals surface area contributed by atoms with Crippen LogP contribution >= 0.6 is 0 Å². The Bertz CT molecular complexity index is 920. The van der Waals surface area contributed by atoms with Gasteiger partial charge in [-0.25, -0.2) is 4.98 Å². The van der Waals surface area contributed by atoms with Gasteiger partial charge in [0.25, 0.3) is 0 Å². The molecule has 0 spiro atoms. The van der Waals surface area contributed by atoms with E-state index in [2.05, 4.69) is 34.4 Å². The number of nitrogens with zero attached hydrogens (tertiary/aromatic N) is 4. The molecule has 0 radical (unpaired) electrons. The molecule has 0 atom stereocenters. The molecule has 0 saturated heterocycles. The van der Waals surface area contributed by atoms with Crippen LogP contribution in [-0.4, -0.2) is 27.0 Å². The van der Waals surface area contributed by atoms with E-state index >= 15 is 0 Å². The Labute approximate surface area is 153 Å². The molecule has 7 nitrogen and oxygen atoms in total. The highest BCUT2D eigenvalue weighted by atomic mass is 16.5. The normalized spacial score (nSPS) is 11.2. The fourth-order valence-electron chi connectivity index (χ4n) is 3.36. The second-order valence-electron chi connectivity index (χ2n) is 6.73. The molecule has 0 bridgehead atoms. The first-order chi connectivity index (χ1) is 12.3. The number of ether oxygens (including phenoxy) is 1. The van der Waals surface area contributed by atoms with E-state index < -0.39 is 0 Å². The number of pyridine rings is 1. The van der Waals surface area contributed by atoms with Crippen LogP contribution in [0.5, 0.6) is 5.88 Å². The number of hydrogen-bond donors (Lipinski definition) is 1. The van der Waals surface area contributed by atoms with Gasteiger partial charge < -0.3 is 14.6 Å². The standard InChI is InChI=1S/C19H25N5O2/c1-10(2)18-17(12(4)22-24(18)6)21-15-8-14(9-20-19(15)25-7)16-11(3)23-26-13(16)5/h8-10,21H,1-7H3. The minimum atomic E-state index is 0.327. The smallest absolute Gasteiger partial charge is 0.237 e. The SMILES string of the molecule is COc1ncc(-c2c(C)noc2C)cc1Nc1c(C)nn(C)c1C(C)C. The van der Waals surface area contributed by atoms with Crippen molar-refractivity contribution in [3.63, 3.8) is 0 Å². The molecule has 138 valence electrons. The van der Waals surface area contributed by atoms with Gasteiger partial charge in [0.1, 0.15) is 11.4 Å². The van der Waals surface area contributed by atoms with Crippen molar-refractivity contribution in [2.75, 3.05) is 12.4 Å². The van der Waals surface area contributed by atoms with Crippen molar-refractivity contribution in [3.05, 3.63) is 35.1 Å². The van der Waals surface area contributed by atoms with Crippen LogP contribution in [0.2, 0.25) is 0 Å². The Balaban J connectivity index is 2.10. The zero-order chi connectivity index (χ0) is 19.0. The maximum absolute atomic E-state index is 5.46. The topological polar surface area (TPSA) is 78.0 Å². The second kappa shape index (κ2) is 6.82. The number of nitrogens with one attached hydrogen (secondary N) is 1. The summed E-state index contributed by atoms with van der Waals surface area (Å²) in [5.74, 6) is 1.62. The van der Waals surface area contributed by atoms with Crippen LogP contribution < -0.4 is 10.1 Å². The average Bonchev–Trinajstić information content (AvgIpc) is 3.06. The minimum absolute atomic E-state index is 0.327. The lowest BCUT2D eigenvalue weighted by Crippen LogP contribution is -2.04. The average molecular weight is 355 g/mol. The molecule has 0 saturated carbocycles. The van der Waals surface area contributed by atoms with Crippen LogP contribution in [0.25, 0.3) is 11.1 Å². The maximum atomic E-state index is 5.46. The van der Waals surface area contributed by atoms with E-state index in [0.29, 0.717) is 11.8 Å². The van der Waals surface area contributed by atoms with E-state index in [9.17, 15) is 0 Å². The maximum Gasteiger partial charge on any atom is 0.237 e. The predicted octanol–water partition coefficient (Wildman–Crippen LogP) is 4.27. The lowest BCUT2D eigenvalue weighted by atomic mass is 10.1. The molecule has 7 heteroatoms. The first-order valence-corrected chi connectivity index (χ1v) is 8.61. The summed E-state index contributed by atoms with van der Waals surface area (Å²) in [6.07, 6.45) is 1.77. The van der Waals surface area contributed by atoms with Gasteiger partial charge in [-0.2, -0.15) is 5.10 Å². The summed E-state index contributed by atoms with van der Waals surface area (Å²) < 4.78 is 12.7. The highest BCUT2D eigenvalue weighted by Crippen LogP contribution is 2.36.